The molecule has 0 saturated carbocycles. The van der Waals surface area contributed by atoms with Gasteiger partial charge in [-0.2, -0.15) is 0 Å². The smallest absolute Gasteiger partial charge is 0.256 e. The summed E-state index contributed by atoms with van der Waals surface area (Å²) in [7, 11) is -3.64. The van der Waals surface area contributed by atoms with Crippen LogP contribution in [0.3, 0.4) is 0 Å². The Morgan fingerprint density at radius 1 is 1.67 bits per heavy atom. The van der Waals surface area contributed by atoms with Gasteiger partial charge in [0.25, 0.3) is 0 Å². The molecule has 0 amide bonds. The number of hydrogen-bond donors (Lipinski definition) is 0. The van der Waals surface area contributed by atoms with Gasteiger partial charge in [0.15, 0.2) is 5.03 Å². The third-order valence-corrected chi connectivity index (χ3v) is 4.14. The maximum Gasteiger partial charge on any atom is 0.450 e. The predicted molar refractivity (Wildman–Crippen MR) is 53.8 cm³/mol. The summed E-state index contributed by atoms with van der Waals surface area (Å²) < 4.78 is 36.2. The zero-order valence-corrected chi connectivity index (χ0v) is 9.48. The number of sulfonamides is 1. The lowest BCUT2D eigenvalue weighted by molar-refractivity contribution is -0.448. The first-order chi connectivity index (χ1) is 6.84. The second kappa shape index (κ2) is 4.35. The van der Waals surface area contributed by atoms with Crippen molar-refractivity contribution in [2.24, 2.45) is 0 Å². The van der Waals surface area contributed by atoms with Crippen molar-refractivity contribution in [2.45, 2.75) is 6.42 Å². The van der Waals surface area contributed by atoms with E-state index < -0.39 is 25.9 Å². The van der Waals surface area contributed by atoms with Crippen LogP contribution >= 0.6 is 11.8 Å². The molecule has 0 radical (unpaired) electrons. The molecule has 1 rings (SSSR count). The molecule has 1 heterocycles. The minimum atomic E-state index is -3.64. The number of thioether (sulfide) groups is 1. The van der Waals surface area contributed by atoms with Crippen molar-refractivity contribution in [2.75, 3.05) is 18.6 Å². The van der Waals surface area contributed by atoms with Crippen LogP contribution in [0, 0.1) is 10.1 Å². The van der Waals surface area contributed by atoms with Crippen LogP contribution in [0.4, 0.5) is 4.39 Å². The summed E-state index contributed by atoms with van der Waals surface area (Å²) in [5.41, 5.74) is 0. The molecule has 6 nitrogen and oxygen atoms in total. The van der Waals surface area contributed by atoms with E-state index in [1.54, 1.807) is 0 Å². The van der Waals surface area contributed by atoms with E-state index in [-0.39, 0.29) is 6.54 Å². The Kier molecular flexibility index (Phi) is 3.55. The molecule has 1 saturated heterocycles. The normalized spacial score (nSPS) is 21.3. The van der Waals surface area contributed by atoms with Gasteiger partial charge in [-0.3, -0.25) is 14.4 Å². The van der Waals surface area contributed by atoms with Crippen molar-refractivity contribution in [3.05, 3.63) is 21.1 Å². The molecule has 0 aromatic rings. The summed E-state index contributed by atoms with van der Waals surface area (Å²) in [5, 5.41) is 9.79. The molecule has 1 aliphatic rings. The van der Waals surface area contributed by atoms with Crippen molar-refractivity contribution in [1.29, 1.82) is 0 Å². The molecule has 1 fully saturated rings. The monoisotopic (exact) mass is 256 g/mol. The Labute approximate surface area is 90.3 Å². The Balaban J connectivity index is 3.14. The molecule has 9 heteroatoms. The van der Waals surface area contributed by atoms with Gasteiger partial charge in [-0.25, -0.2) is 8.42 Å². The summed E-state index contributed by atoms with van der Waals surface area (Å²) in [5.74, 6) is -1.13. The standard InChI is InChI=1S/C6H9FN2O4S2/c1-15(12,13)8-3-2-4-14-6(8)5(7)9(10)11/h2-4H2,1H3/b6-5-. The first-order valence-corrected chi connectivity index (χ1v) is 6.82. The fraction of sp³-hybridized carbons (Fsp3) is 0.667. The first kappa shape index (κ1) is 12.2. The van der Waals surface area contributed by atoms with Crippen LogP contribution < -0.4 is 0 Å². The van der Waals surface area contributed by atoms with E-state index in [9.17, 15) is 22.9 Å². The minimum absolute atomic E-state index is 0.0857. The number of halogens is 1. The Morgan fingerprint density at radius 2 is 2.27 bits per heavy atom. The molecule has 0 N–H and O–H groups in total. The molecular weight excluding hydrogens is 247 g/mol. The number of rotatable bonds is 2. The predicted octanol–water partition coefficient (Wildman–Crippen LogP) is 0.758. The molecule has 0 aromatic carbocycles. The van der Waals surface area contributed by atoms with Gasteiger partial charge in [-0.1, -0.05) is 11.8 Å². The molecular formula is C6H9FN2O4S2. The number of nitrogens with zero attached hydrogens (tertiary/aromatic N) is 2. The fourth-order valence-corrected chi connectivity index (χ4v) is 3.40. The van der Waals surface area contributed by atoms with Crippen LogP contribution in [-0.4, -0.2) is 36.2 Å². The summed E-state index contributed by atoms with van der Waals surface area (Å²) in [6, 6.07) is 0. The van der Waals surface area contributed by atoms with E-state index in [1.165, 1.54) is 0 Å². The average Bonchev–Trinajstić information content (AvgIpc) is 2.15. The quantitative estimate of drug-likeness (QED) is 0.414. The third-order valence-electron chi connectivity index (χ3n) is 1.71. The molecule has 0 bridgehead atoms. The van der Waals surface area contributed by atoms with Crippen LogP contribution in [0.15, 0.2) is 11.0 Å². The van der Waals surface area contributed by atoms with Gasteiger partial charge in [0.1, 0.15) is 0 Å². The Bertz CT molecular complexity index is 405. The Hall–Kier alpha value is -0.830. The lowest BCUT2D eigenvalue weighted by atomic mass is 10.5. The number of nitro groups is 1. The fourth-order valence-electron chi connectivity index (χ4n) is 1.11. The Morgan fingerprint density at radius 3 is 2.73 bits per heavy atom. The molecule has 0 aliphatic carbocycles. The highest BCUT2D eigenvalue weighted by Gasteiger charge is 2.32. The van der Waals surface area contributed by atoms with Gasteiger partial charge in [-0.15, -0.1) is 4.39 Å². The molecule has 0 aromatic heterocycles. The van der Waals surface area contributed by atoms with Crippen LogP contribution in [0.1, 0.15) is 6.42 Å². The van der Waals surface area contributed by atoms with E-state index >= 15 is 0 Å². The SMILES string of the molecule is CS(=O)(=O)N1CCCS/C1=C(/F)[N+](=O)[O-]. The summed E-state index contributed by atoms with van der Waals surface area (Å²) >= 11 is 0.844. The summed E-state index contributed by atoms with van der Waals surface area (Å²) in [4.78, 5) is 8.99. The number of hydrogen-bond acceptors (Lipinski definition) is 5. The van der Waals surface area contributed by atoms with Gasteiger partial charge in [0, 0.05) is 12.3 Å². The average molecular weight is 256 g/mol. The van der Waals surface area contributed by atoms with Crippen LogP contribution in [-0.2, 0) is 10.0 Å². The lowest BCUT2D eigenvalue weighted by Crippen LogP contribution is -2.33. The van der Waals surface area contributed by atoms with Crippen molar-refractivity contribution in [1.82, 2.24) is 4.31 Å². The van der Waals surface area contributed by atoms with Crippen LogP contribution in [0.25, 0.3) is 0 Å². The van der Waals surface area contributed by atoms with Gasteiger partial charge in [0.05, 0.1) is 11.2 Å². The molecule has 86 valence electrons. The molecule has 0 spiro atoms. The second-order valence-corrected chi connectivity index (χ2v) is 5.88. The van der Waals surface area contributed by atoms with Crippen LogP contribution in [0.2, 0.25) is 0 Å². The molecule has 0 atom stereocenters. The third kappa shape index (κ3) is 2.81. The lowest BCUT2D eigenvalue weighted by Gasteiger charge is -2.26. The zero-order chi connectivity index (χ0) is 11.6. The van der Waals surface area contributed by atoms with E-state index in [0.29, 0.717) is 12.2 Å². The van der Waals surface area contributed by atoms with Gasteiger partial charge in [-0.05, 0) is 6.42 Å². The largest absolute Gasteiger partial charge is 0.450 e. The maximum atomic E-state index is 13.0. The maximum absolute atomic E-state index is 13.0. The van der Waals surface area contributed by atoms with E-state index in [0.717, 1.165) is 22.3 Å². The zero-order valence-electron chi connectivity index (χ0n) is 7.84. The van der Waals surface area contributed by atoms with E-state index in [1.807, 2.05) is 0 Å². The minimum Gasteiger partial charge on any atom is -0.256 e. The van der Waals surface area contributed by atoms with Gasteiger partial charge in [0.2, 0.25) is 10.0 Å². The van der Waals surface area contributed by atoms with Crippen molar-refractivity contribution >= 4 is 21.8 Å². The molecule has 0 unspecified atom stereocenters. The second-order valence-electron chi connectivity index (χ2n) is 2.89. The molecule has 15 heavy (non-hydrogen) atoms. The van der Waals surface area contributed by atoms with Crippen molar-refractivity contribution < 1.29 is 17.7 Å². The highest BCUT2D eigenvalue weighted by Crippen LogP contribution is 2.32. The summed E-state index contributed by atoms with van der Waals surface area (Å²) in [6.07, 6.45) is 1.44. The van der Waals surface area contributed by atoms with Crippen LogP contribution in [0.5, 0.6) is 0 Å². The topological polar surface area (TPSA) is 80.5 Å². The van der Waals surface area contributed by atoms with Gasteiger partial charge >= 0.3 is 5.95 Å². The van der Waals surface area contributed by atoms with E-state index in [2.05, 4.69) is 0 Å². The van der Waals surface area contributed by atoms with Gasteiger partial charge < -0.3 is 0 Å². The van der Waals surface area contributed by atoms with Crippen molar-refractivity contribution in [3.63, 3.8) is 0 Å². The first-order valence-electron chi connectivity index (χ1n) is 3.98. The highest BCUT2D eigenvalue weighted by molar-refractivity contribution is 8.04. The van der Waals surface area contributed by atoms with Crippen molar-refractivity contribution in [3.8, 4) is 0 Å². The highest BCUT2D eigenvalue weighted by atomic mass is 32.2. The van der Waals surface area contributed by atoms with E-state index in [4.69, 9.17) is 0 Å². The summed E-state index contributed by atoms with van der Waals surface area (Å²) in [6.45, 7) is 0.0857. The molecule has 1 aliphatic heterocycles.